The second-order valence-corrected chi connectivity index (χ2v) is 16.2. The van der Waals surface area contributed by atoms with Crippen LogP contribution in [-0.4, -0.2) is 73.1 Å². The van der Waals surface area contributed by atoms with Crippen molar-refractivity contribution in [2.24, 2.45) is 0 Å². The molecule has 0 spiro atoms. The highest BCUT2D eigenvalue weighted by atomic mass is 35.5. The van der Waals surface area contributed by atoms with E-state index in [1.807, 2.05) is 27.9 Å². The maximum Gasteiger partial charge on any atom is 0.255 e. The van der Waals surface area contributed by atoms with E-state index in [1.165, 1.54) is 12.1 Å². The van der Waals surface area contributed by atoms with E-state index in [0.29, 0.717) is 49.4 Å². The number of halogens is 3. The number of nitrogen functional groups attached to an aromatic ring is 1. The number of nitrogens with one attached hydrogen (secondary N) is 1. The first-order valence-corrected chi connectivity index (χ1v) is 20.5. The Morgan fingerprint density at radius 1 is 1.07 bits per heavy atom. The van der Waals surface area contributed by atoms with E-state index in [-0.39, 0.29) is 46.0 Å². The minimum Gasteiger partial charge on any atom is -0.482 e. The van der Waals surface area contributed by atoms with Gasteiger partial charge in [0.15, 0.2) is 11.6 Å². The van der Waals surface area contributed by atoms with Gasteiger partial charge in [0.25, 0.3) is 5.91 Å². The van der Waals surface area contributed by atoms with Crippen molar-refractivity contribution in [2.75, 3.05) is 24.6 Å². The number of hydrogen-bond donors (Lipinski definition) is 2. The number of hydrogen-bond acceptors (Lipinski definition) is 9. The van der Waals surface area contributed by atoms with Gasteiger partial charge in [0.05, 0.1) is 17.3 Å². The first-order chi connectivity index (χ1) is 27.0. The molecule has 56 heavy (non-hydrogen) atoms. The van der Waals surface area contributed by atoms with Crippen LogP contribution in [0, 0.1) is 5.82 Å². The average Bonchev–Trinajstić information content (AvgIpc) is 3.81. The van der Waals surface area contributed by atoms with Gasteiger partial charge in [-0.3, -0.25) is 29.2 Å². The summed E-state index contributed by atoms with van der Waals surface area (Å²) in [5.74, 6) is 0.0250. The van der Waals surface area contributed by atoms with Crippen molar-refractivity contribution in [1.29, 1.82) is 0 Å². The summed E-state index contributed by atoms with van der Waals surface area (Å²) in [6.45, 7) is 3.39. The van der Waals surface area contributed by atoms with E-state index in [0.717, 1.165) is 59.4 Å². The largest absolute Gasteiger partial charge is 0.482 e. The highest BCUT2D eigenvalue weighted by Crippen LogP contribution is 2.38. The zero-order valence-electron chi connectivity index (χ0n) is 30.8. The van der Waals surface area contributed by atoms with Gasteiger partial charge in [-0.05, 0) is 80.7 Å². The van der Waals surface area contributed by atoms with Crippen LogP contribution in [0.25, 0.3) is 11.1 Å². The standard InChI is InChI=1S/C40H42Cl2FN7O5S/c1-23(36-29(41)9-10-30(43)37(36)42)55-32-18-24(19-45-38(32)44)25-20-46-50(21-25)26-13-15-48(16-14-26)35(52)8-3-2-4-17-56-33-7-5-6-27-28(33)22-49(40(27)54)31-11-12-34(51)47-39(31)53/h5-7,9-10,18-21,23,26,31H,2-4,8,11-17,22H2,1H3,(H2,44,45)(H,47,51,53)/t23-,31?/m1/s1. The quantitative estimate of drug-likeness (QED) is 0.0609. The number of likely N-dealkylation sites (tertiary alicyclic amines) is 1. The predicted molar refractivity (Wildman–Crippen MR) is 212 cm³/mol. The predicted octanol–water partition coefficient (Wildman–Crippen LogP) is 7.39. The third-order valence-electron chi connectivity index (χ3n) is 10.6. The lowest BCUT2D eigenvalue weighted by Gasteiger charge is -2.32. The molecule has 16 heteroatoms. The van der Waals surface area contributed by atoms with Crippen LogP contribution in [-0.2, 0) is 20.9 Å². The van der Waals surface area contributed by atoms with E-state index in [9.17, 15) is 23.6 Å². The number of pyridine rings is 1. The Morgan fingerprint density at radius 3 is 2.66 bits per heavy atom. The number of piperidine rings is 2. The van der Waals surface area contributed by atoms with Gasteiger partial charge in [-0.25, -0.2) is 9.37 Å². The Balaban J connectivity index is 0.842. The number of ether oxygens (including phenoxy) is 1. The van der Waals surface area contributed by atoms with Crippen molar-refractivity contribution in [1.82, 2.24) is 29.9 Å². The van der Waals surface area contributed by atoms with Crippen molar-refractivity contribution < 1.29 is 28.3 Å². The molecule has 3 N–H and O–H groups in total. The molecule has 2 aromatic heterocycles. The maximum atomic E-state index is 14.1. The molecule has 0 aliphatic carbocycles. The van der Waals surface area contributed by atoms with E-state index in [2.05, 4.69) is 15.4 Å². The number of carbonyl (C=O) groups is 4. The normalized spacial score (nSPS) is 17.9. The third kappa shape index (κ3) is 8.52. The monoisotopic (exact) mass is 821 g/mol. The maximum absolute atomic E-state index is 14.1. The molecule has 4 amide bonds. The molecule has 0 radical (unpaired) electrons. The van der Waals surface area contributed by atoms with Crippen LogP contribution < -0.4 is 15.8 Å². The highest BCUT2D eigenvalue weighted by molar-refractivity contribution is 7.99. The molecule has 0 bridgehead atoms. The number of thioether (sulfide) groups is 1. The number of nitrogens with zero attached hydrogens (tertiary/aromatic N) is 5. The van der Waals surface area contributed by atoms with Crippen LogP contribution in [0.4, 0.5) is 10.2 Å². The highest BCUT2D eigenvalue weighted by Gasteiger charge is 2.40. The van der Waals surface area contributed by atoms with Crippen LogP contribution in [0.5, 0.6) is 5.75 Å². The van der Waals surface area contributed by atoms with Gasteiger partial charge >= 0.3 is 0 Å². The van der Waals surface area contributed by atoms with Gasteiger partial charge in [0.2, 0.25) is 17.7 Å². The van der Waals surface area contributed by atoms with E-state index < -0.39 is 23.9 Å². The number of benzene rings is 2. The SMILES string of the molecule is C[C@@H](Oc1cc(-c2cnn(C3CCN(C(=O)CCCCCSc4cccc5c4CN(C4CCC(=O)NC4=O)C5=O)CC3)c2)cnc1N)c1c(Cl)ccc(F)c1Cl. The molecule has 2 aromatic carbocycles. The summed E-state index contributed by atoms with van der Waals surface area (Å²) in [6.07, 6.45) is 9.96. The van der Waals surface area contributed by atoms with Gasteiger partial charge in [-0.1, -0.05) is 35.7 Å². The van der Waals surface area contributed by atoms with Crippen molar-refractivity contribution in [3.8, 4) is 16.9 Å². The molecule has 2 saturated heterocycles. The van der Waals surface area contributed by atoms with Crippen LogP contribution in [0.1, 0.15) is 91.9 Å². The molecule has 5 heterocycles. The molecular formula is C40H42Cl2FN7O5S. The smallest absolute Gasteiger partial charge is 0.255 e. The minimum absolute atomic E-state index is 0.107. The van der Waals surface area contributed by atoms with Crippen molar-refractivity contribution in [3.63, 3.8) is 0 Å². The molecule has 2 atom stereocenters. The van der Waals surface area contributed by atoms with E-state index in [1.54, 1.807) is 48.1 Å². The number of unbranched alkanes of at least 4 members (excludes halogenated alkanes) is 2. The fourth-order valence-corrected chi connectivity index (χ4v) is 9.30. The molecule has 3 aliphatic heterocycles. The zero-order chi connectivity index (χ0) is 39.5. The molecule has 7 rings (SSSR count). The van der Waals surface area contributed by atoms with Crippen molar-refractivity contribution in [2.45, 2.75) is 87.9 Å². The van der Waals surface area contributed by atoms with Gasteiger partial charge < -0.3 is 20.3 Å². The number of carbonyl (C=O) groups excluding carboxylic acids is 4. The number of aromatic nitrogens is 3. The van der Waals surface area contributed by atoms with Gasteiger partial charge in [-0.2, -0.15) is 5.10 Å². The molecule has 294 valence electrons. The van der Waals surface area contributed by atoms with Crippen LogP contribution in [0.15, 0.2) is 59.9 Å². The zero-order valence-corrected chi connectivity index (χ0v) is 33.1. The first-order valence-electron chi connectivity index (χ1n) is 18.8. The molecule has 3 aliphatic rings. The van der Waals surface area contributed by atoms with Crippen LogP contribution >= 0.6 is 35.0 Å². The fraction of sp³-hybridized carbons (Fsp3) is 0.400. The number of rotatable bonds is 13. The lowest BCUT2D eigenvalue weighted by Crippen LogP contribution is -2.52. The summed E-state index contributed by atoms with van der Waals surface area (Å²) in [5.41, 5.74) is 9.57. The van der Waals surface area contributed by atoms with Gasteiger partial charge in [0.1, 0.15) is 18.0 Å². The summed E-state index contributed by atoms with van der Waals surface area (Å²) in [6, 6.07) is 9.59. The molecular weight excluding hydrogens is 780 g/mol. The van der Waals surface area contributed by atoms with Crippen molar-refractivity contribution in [3.05, 3.63) is 87.5 Å². The number of imide groups is 1. The second-order valence-electron chi connectivity index (χ2n) is 14.3. The Morgan fingerprint density at radius 2 is 1.88 bits per heavy atom. The number of fused-ring (bicyclic) bond motifs is 1. The first kappa shape index (κ1) is 39.6. The molecule has 4 aromatic rings. The summed E-state index contributed by atoms with van der Waals surface area (Å²) in [7, 11) is 0. The van der Waals surface area contributed by atoms with E-state index >= 15 is 0 Å². The molecule has 1 unspecified atom stereocenters. The van der Waals surface area contributed by atoms with Crippen LogP contribution in [0.3, 0.4) is 0 Å². The Bertz CT molecular complexity index is 2160. The van der Waals surface area contributed by atoms with Gasteiger partial charge in [-0.15, -0.1) is 11.8 Å². The number of nitrogens with two attached hydrogens (primary N) is 1. The Kier molecular flexibility index (Phi) is 12.2. The van der Waals surface area contributed by atoms with Gasteiger partial charge in [0, 0.05) is 77.0 Å². The lowest BCUT2D eigenvalue weighted by molar-refractivity contribution is -0.137. The average molecular weight is 823 g/mol. The Labute approximate surface area is 338 Å². The topological polar surface area (TPSA) is 153 Å². The second kappa shape index (κ2) is 17.2. The molecule has 0 saturated carbocycles. The fourth-order valence-electron chi connectivity index (χ4n) is 7.53. The van der Waals surface area contributed by atoms with Crippen LogP contribution in [0.2, 0.25) is 10.0 Å². The Hall–Kier alpha value is -4.66. The van der Waals surface area contributed by atoms with E-state index in [4.69, 9.17) is 33.7 Å². The summed E-state index contributed by atoms with van der Waals surface area (Å²) < 4.78 is 22.1. The third-order valence-corrected chi connectivity index (χ3v) is 12.5. The summed E-state index contributed by atoms with van der Waals surface area (Å²) in [5, 5.41) is 7.15. The minimum atomic E-state index is -0.697. The van der Waals surface area contributed by atoms with Crippen molar-refractivity contribution >= 4 is 64.4 Å². The summed E-state index contributed by atoms with van der Waals surface area (Å²) in [4.78, 5) is 59.1. The molecule has 12 nitrogen and oxygen atoms in total. The number of anilines is 1. The summed E-state index contributed by atoms with van der Waals surface area (Å²) >= 11 is 14.2. The number of amides is 4. The molecule has 2 fully saturated rings. The lowest BCUT2D eigenvalue weighted by atomic mass is 10.0.